The molecule has 0 spiro atoms. The molecular weight excluding hydrogens is 240 g/mol. The summed E-state index contributed by atoms with van der Waals surface area (Å²) >= 11 is 0. The van der Waals surface area contributed by atoms with E-state index in [1.807, 2.05) is 31.2 Å². The normalized spacial score (nSPS) is 23.5. The van der Waals surface area contributed by atoms with Crippen LogP contribution in [0, 0.1) is 6.92 Å². The van der Waals surface area contributed by atoms with E-state index in [1.165, 1.54) is 0 Å². The van der Waals surface area contributed by atoms with E-state index in [1.54, 1.807) is 0 Å². The van der Waals surface area contributed by atoms with Crippen molar-refractivity contribution in [2.24, 2.45) is 0 Å². The Morgan fingerprint density at radius 2 is 2.00 bits per heavy atom. The number of aliphatic hydroxyl groups excluding tert-OH is 1. The Morgan fingerprint density at radius 1 is 1.21 bits per heavy atom. The number of nitrogens with zero attached hydrogens (tertiary/aromatic N) is 2. The maximum Gasteiger partial charge on any atom is 0.232 e. The van der Waals surface area contributed by atoms with Crippen molar-refractivity contribution >= 4 is 0 Å². The summed E-state index contributed by atoms with van der Waals surface area (Å²) in [6, 6.07) is 7.97. The Bertz CT molecular complexity index is 565. The molecule has 1 fully saturated rings. The lowest BCUT2D eigenvalue weighted by molar-refractivity contribution is 0.0908. The van der Waals surface area contributed by atoms with Gasteiger partial charge in [0.05, 0.1) is 12.0 Å². The number of aryl methyl sites for hydroxylation is 1. The van der Waals surface area contributed by atoms with Gasteiger partial charge in [0.15, 0.2) is 0 Å². The second-order valence-electron chi connectivity index (χ2n) is 5.23. The van der Waals surface area contributed by atoms with E-state index in [0.717, 1.165) is 36.8 Å². The number of aliphatic hydroxyl groups is 1. The summed E-state index contributed by atoms with van der Waals surface area (Å²) in [5, 5.41) is 14.1. The molecule has 2 aromatic rings. The SMILES string of the molecule is Cc1ccccc1-c1noc(C2CCCCC2O)n1. The van der Waals surface area contributed by atoms with Crippen LogP contribution in [0.1, 0.15) is 43.1 Å². The smallest absolute Gasteiger partial charge is 0.232 e. The summed E-state index contributed by atoms with van der Waals surface area (Å²) in [5.41, 5.74) is 2.11. The van der Waals surface area contributed by atoms with Crippen LogP contribution in [0.4, 0.5) is 0 Å². The first-order chi connectivity index (χ1) is 9.25. The highest BCUT2D eigenvalue weighted by molar-refractivity contribution is 5.59. The molecule has 19 heavy (non-hydrogen) atoms. The van der Waals surface area contributed by atoms with E-state index in [9.17, 15) is 5.11 Å². The first-order valence-corrected chi connectivity index (χ1v) is 6.83. The van der Waals surface area contributed by atoms with Gasteiger partial charge in [0.1, 0.15) is 0 Å². The van der Waals surface area contributed by atoms with Crippen LogP contribution in [0.15, 0.2) is 28.8 Å². The van der Waals surface area contributed by atoms with Crippen LogP contribution < -0.4 is 0 Å². The molecule has 4 nitrogen and oxygen atoms in total. The van der Waals surface area contributed by atoms with Gasteiger partial charge in [0.2, 0.25) is 11.7 Å². The Morgan fingerprint density at radius 3 is 2.79 bits per heavy atom. The molecule has 1 heterocycles. The summed E-state index contributed by atoms with van der Waals surface area (Å²) in [6.45, 7) is 2.03. The maximum atomic E-state index is 10.0. The van der Waals surface area contributed by atoms with Gasteiger partial charge in [-0.05, 0) is 25.3 Å². The van der Waals surface area contributed by atoms with Gasteiger partial charge >= 0.3 is 0 Å². The first-order valence-electron chi connectivity index (χ1n) is 6.83. The summed E-state index contributed by atoms with van der Waals surface area (Å²) in [5.74, 6) is 1.19. The molecule has 1 aliphatic rings. The lowest BCUT2D eigenvalue weighted by Gasteiger charge is -2.24. The third kappa shape index (κ3) is 2.40. The molecule has 3 rings (SSSR count). The standard InChI is InChI=1S/C15H18N2O2/c1-10-6-2-3-7-11(10)14-16-15(19-17-14)12-8-4-5-9-13(12)18/h2-3,6-7,12-13,18H,4-5,8-9H2,1H3. The summed E-state index contributed by atoms with van der Waals surface area (Å²) in [7, 11) is 0. The number of benzene rings is 1. The highest BCUT2D eigenvalue weighted by Gasteiger charge is 2.29. The fraction of sp³-hybridized carbons (Fsp3) is 0.467. The second-order valence-corrected chi connectivity index (χ2v) is 5.23. The molecule has 1 aromatic heterocycles. The predicted molar refractivity (Wildman–Crippen MR) is 71.7 cm³/mol. The predicted octanol–water partition coefficient (Wildman–Crippen LogP) is 3.06. The summed E-state index contributed by atoms with van der Waals surface area (Å²) in [4.78, 5) is 4.48. The monoisotopic (exact) mass is 258 g/mol. The molecule has 2 atom stereocenters. The van der Waals surface area contributed by atoms with Crippen LogP contribution >= 0.6 is 0 Å². The Hall–Kier alpha value is -1.68. The van der Waals surface area contributed by atoms with Crippen LogP contribution in [0.5, 0.6) is 0 Å². The van der Waals surface area contributed by atoms with Gasteiger partial charge in [0.25, 0.3) is 0 Å². The average Bonchev–Trinajstić information content (AvgIpc) is 2.89. The molecule has 1 saturated carbocycles. The van der Waals surface area contributed by atoms with E-state index in [0.29, 0.717) is 11.7 Å². The van der Waals surface area contributed by atoms with Crippen molar-refractivity contribution in [2.75, 3.05) is 0 Å². The average molecular weight is 258 g/mol. The molecule has 2 unspecified atom stereocenters. The zero-order valence-corrected chi connectivity index (χ0v) is 11.0. The van der Waals surface area contributed by atoms with Crippen molar-refractivity contribution < 1.29 is 9.63 Å². The van der Waals surface area contributed by atoms with E-state index in [2.05, 4.69) is 10.1 Å². The van der Waals surface area contributed by atoms with Gasteiger partial charge in [-0.3, -0.25) is 0 Å². The zero-order valence-electron chi connectivity index (χ0n) is 11.0. The van der Waals surface area contributed by atoms with Crippen LogP contribution in [0.25, 0.3) is 11.4 Å². The quantitative estimate of drug-likeness (QED) is 0.899. The van der Waals surface area contributed by atoms with E-state index in [-0.39, 0.29) is 12.0 Å². The minimum atomic E-state index is -0.348. The summed E-state index contributed by atoms with van der Waals surface area (Å²) in [6.07, 6.45) is 3.60. The van der Waals surface area contributed by atoms with Crippen molar-refractivity contribution in [1.82, 2.24) is 10.1 Å². The number of hydrogen-bond acceptors (Lipinski definition) is 4. The van der Waals surface area contributed by atoms with Crippen molar-refractivity contribution in [2.45, 2.75) is 44.6 Å². The topological polar surface area (TPSA) is 59.2 Å². The molecule has 1 aliphatic carbocycles. The lowest BCUT2D eigenvalue weighted by Crippen LogP contribution is -2.22. The third-order valence-corrected chi connectivity index (χ3v) is 3.87. The van der Waals surface area contributed by atoms with Crippen LogP contribution in [0.2, 0.25) is 0 Å². The third-order valence-electron chi connectivity index (χ3n) is 3.87. The summed E-state index contributed by atoms with van der Waals surface area (Å²) < 4.78 is 5.36. The molecule has 1 N–H and O–H groups in total. The molecule has 0 amide bonds. The zero-order chi connectivity index (χ0) is 13.2. The first kappa shape index (κ1) is 12.4. The van der Waals surface area contributed by atoms with E-state index in [4.69, 9.17) is 4.52 Å². The van der Waals surface area contributed by atoms with Gasteiger partial charge < -0.3 is 9.63 Å². The number of hydrogen-bond donors (Lipinski definition) is 1. The fourth-order valence-electron chi connectivity index (χ4n) is 2.72. The molecule has 100 valence electrons. The van der Waals surface area contributed by atoms with Crippen molar-refractivity contribution in [1.29, 1.82) is 0 Å². The highest BCUT2D eigenvalue weighted by Crippen LogP contribution is 2.33. The molecule has 0 bridgehead atoms. The Kier molecular flexibility index (Phi) is 3.34. The fourth-order valence-corrected chi connectivity index (χ4v) is 2.72. The largest absolute Gasteiger partial charge is 0.392 e. The Labute approximate surface area is 112 Å². The van der Waals surface area contributed by atoms with Crippen LogP contribution in [0.3, 0.4) is 0 Å². The van der Waals surface area contributed by atoms with Crippen LogP contribution in [-0.2, 0) is 0 Å². The molecule has 0 radical (unpaired) electrons. The van der Waals surface area contributed by atoms with Crippen molar-refractivity contribution in [3.8, 4) is 11.4 Å². The highest BCUT2D eigenvalue weighted by atomic mass is 16.5. The van der Waals surface area contributed by atoms with Gasteiger partial charge in [-0.25, -0.2) is 0 Å². The number of aromatic nitrogens is 2. The lowest BCUT2D eigenvalue weighted by atomic mass is 9.86. The molecule has 0 aliphatic heterocycles. The van der Waals surface area contributed by atoms with Crippen molar-refractivity contribution in [3.63, 3.8) is 0 Å². The molecule has 1 aromatic carbocycles. The molecule has 0 saturated heterocycles. The number of rotatable bonds is 2. The van der Waals surface area contributed by atoms with Crippen LogP contribution in [-0.4, -0.2) is 21.4 Å². The van der Waals surface area contributed by atoms with E-state index >= 15 is 0 Å². The van der Waals surface area contributed by atoms with Gasteiger partial charge in [0, 0.05) is 5.56 Å². The second kappa shape index (κ2) is 5.13. The Balaban J connectivity index is 1.89. The minimum Gasteiger partial charge on any atom is -0.392 e. The van der Waals surface area contributed by atoms with Gasteiger partial charge in [-0.2, -0.15) is 4.98 Å². The minimum absolute atomic E-state index is 0.000909. The van der Waals surface area contributed by atoms with Gasteiger partial charge in [-0.1, -0.05) is 42.3 Å². The maximum absolute atomic E-state index is 10.0. The van der Waals surface area contributed by atoms with E-state index < -0.39 is 0 Å². The van der Waals surface area contributed by atoms with Gasteiger partial charge in [-0.15, -0.1) is 0 Å². The molecule has 4 heteroatoms. The molecular formula is C15H18N2O2. The van der Waals surface area contributed by atoms with Crippen molar-refractivity contribution in [3.05, 3.63) is 35.7 Å².